The standard InChI is InChI=1S/C16H24N4/c1-13-12-15(18-16(17-2)20(13)4)19(3)11-10-14-8-6-5-7-9-14/h5-9,12-13H,10-11H2,1-4H3,(H,17,18). The van der Waals surface area contributed by atoms with Crippen molar-refractivity contribution in [2.45, 2.75) is 19.4 Å². The van der Waals surface area contributed by atoms with Crippen LogP contribution in [0.15, 0.2) is 47.2 Å². The minimum absolute atomic E-state index is 0.351. The summed E-state index contributed by atoms with van der Waals surface area (Å²) < 4.78 is 0. The summed E-state index contributed by atoms with van der Waals surface area (Å²) in [4.78, 5) is 8.68. The maximum atomic E-state index is 4.29. The predicted molar refractivity (Wildman–Crippen MR) is 84.6 cm³/mol. The van der Waals surface area contributed by atoms with Crippen molar-refractivity contribution in [2.24, 2.45) is 4.99 Å². The van der Waals surface area contributed by atoms with Crippen molar-refractivity contribution in [1.29, 1.82) is 0 Å². The Hall–Kier alpha value is -1.97. The van der Waals surface area contributed by atoms with Crippen LogP contribution in [0.5, 0.6) is 0 Å². The highest BCUT2D eigenvalue weighted by Gasteiger charge is 2.20. The summed E-state index contributed by atoms with van der Waals surface area (Å²) in [7, 11) is 5.99. The van der Waals surface area contributed by atoms with Gasteiger partial charge >= 0.3 is 0 Å². The van der Waals surface area contributed by atoms with E-state index < -0.39 is 0 Å². The van der Waals surface area contributed by atoms with Crippen molar-refractivity contribution in [1.82, 2.24) is 15.1 Å². The molecule has 1 aromatic rings. The summed E-state index contributed by atoms with van der Waals surface area (Å²) in [6, 6.07) is 10.9. The van der Waals surface area contributed by atoms with Crippen LogP contribution >= 0.6 is 0 Å². The molecule has 1 aliphatic heterocycles. The molecule has 4 heteroatoms. The molecule has 20 heavy (non-hydrogen) atoms. The SMILES string of the molecule is CN=C1NC(N(C)CCc2ccccc2)=CC(C)N1C. The quantitative estimate of drug-likeness (QED) is 0.908. The number of guanidine groups is 1. The molecule has 1 unspecified atom stereocenters. The van der Waals surface area contributed by atoms with Crippen molar-refractivity contribution >= 4 is 5.96 Å². The average Bonchev–Trinajstić information content (AvgIpc) is 2.48. The number of hydrogen-bond donors (Lipinski definition) is 1. The lowest BCUT2D eigenvalue weighted by molar-refractivity contribution is 0.353. The summed E-state index contributed by atoms with van der Waals surface area (Å²) in [6.45, 7) is 3.16. The average molecular weight is 272 g/mol. The third-order valence-electron chi connectivity index (χ3n) is 3.79. The Morgan fingerprint density at radius 3 is 2.65 bits per heavy atom. The Kier molecular flexibility index (Phi) is 4.66. The molecule has 1 heterocycles. The fraction of sp³-hybridized carbons (Fsp3) is 0.438. The first-order valence-corrected chi connectivity index (χ1v) is 7.05. The van der Waals surface area contributed by atoms with Crippen LogP contribution in [0.3, 0.4) is 0 Å². The number of benzene rings is 1. The van der Waals surface area contributed by atoms with Crippen LogP contribution in [0.25, 0.3) is 0 Å². The number of likely N-dealkylation sites (N-methyl/N-ethyl adjacent to an activating group) is 2. The molecule has 1 aromatic carbocycles. The van der Waals surface area contributed by atoms with Gasteiger partial charge in [-0.1, -0.05) is 30.3 Å². The summed E-state index contributed by atoms with van der Waals surface area (Å²) in [5.41, 5.74) is 1.37. The Morgan fingerprint density at radius 1 is 1.30 bits per heavy atom. The van der Waals surface area contributed by atoms with Gasteiger partial charge in [0.15, 0.2) is 5.96 Å². The van der Waals surface area contributed by atoms with Crippen LogP contribution < -0.4 is 5.32 Å². The number of rotatable bonds is 4. The molecule has 2 rings (SSSR count). The molecular weight excluding hydrogens is 248 g/mol. The monoisotopic (exact) mass is 272 g/mol. The van der Waals surface area contributed by atoms with Crippen LogP contribution in [-0.4, -0.2) is 49.5 Å². The zero-order chi connectivity index (χ0) is 14.5. The van der Waals surface area contributed by atoms with Gasteiger partial charge in [0.1, 0.15) is 5.82 Å². The lowest BCUT2D eigenvalue weighted by Crippen LogP contribution is -2.50. The Labute approximate surface area is 121 Å². The zero-order valence-corrected chi connectivity index (χ0v) is 12.8. The summed E-state index contributed by atoms with van der Waals surface area (Å²) in [6.07, 6.45) is 3.28. The molecule has 0 aliphatic carbocycles. The molecule has 1 N–H and O–H groups in total. The second kappa shape index (κ2) is 6.46. The fourth-order valence-electron chi connectivity index (χ4n) is 2.28. The molecule has 0 amide bonds. The molecular formula is C16H24N4. The van der Waals surface area contributed by atoms with Crippen molar-refractivity contribution in [3.8, 4) is 0 Å². The molecule has 1 atom stereocenters. The lowest BCUT2D eigenvalue weighted by Gasteiger charge is -2.36. The second-order valence-electron chi connectivity index (χ2n) is 5.23. The van der Waals surface area contributed by atoms with E-state index in [2.05, 4.69) is 77.5 Å². The van der Waals surface area contributed by atoms with Gasteiger partial charge in [0, 0.05) is 27.7 Å². The molecule has 0 bridgehead atoms. The number of nitrogens with zero attached hydrogens (tertiary/aromatic N) is 3. The maximum Gasteiger partial charge on any atom is 0.199 e. The Bertz CT molecular complexity index is 492. The third kappa shape index (κ3) is 3.32. The van der Waals surface area contributed by atoms with E-state index in [0.29, 0.717) is 6.04 Å². The van der Waals surface area contributed by atoms with Gasteiger partial charge in [0.25, 0.3) is 0 Å². The summed E-state index contributed by atoms with van der Waals surface area (Å²) in [5, 5.41) is 3.38. The highest BCUT2D eigenvalue weighted by Crippen LogP contribution is 2.12. The first-order valence-electron chi connectivity index (χ1n) is 7.05. The fourth-order valence-corrected chi connectivity index (χ4v) is 2.28. The topological polar surface area (TPSA) is 30.9 Å². The van der Waals surface area contributed by atoms with Gasteiger partial charge < -0.3 is 15.1 Å². The van der Waals surface area contributed by atoms with Gasteiger partial charge in [-0.05, 0) is 25.0 Å². The summed E-state index contributed by atoms with van der Waals surface area (Å²) in [5.74, 6) is 2.05. The van der Waals surface area contributed by atoms with E-state index in [-0.39, 0.29) is 0 Å². The molecule has 0 radical (unpaired) electrons. The van der Waals surface area contributed by atoms with Crippen molar-refractivity contribution < 1.29 is 0 Å². The molecule has 0 spiro atoms. The van der Waals surface area contributed by atoms with Crippen molar-refractivity contribution in [2.75, 3.05) is 27.7 Å². The van der Waals surface area contributed by atoms with Gasteiger partial charge in [-0.2, -0.15) is 0 Å². The summed E-state index contributed by atoms with van der Waals surface area (Å²) >= 11 is 0. The van der Waals surface area contributed by atoms with Crippen molar-refractivity contribution in [3.63, 3.8) is 0 Å². The van der Waals surface area contributed by atoms with E-state index in [1.54, 1.807) is 0 Å². The van der Waals surface area contributed by atoms with Crippen LogP contribution in [0.1, 0.15) is 12.5 Å². The highest BCUT2D eigenvalue weighted by atomic mass is 15.4. The van der Waals surface area contributed by atoms with Gasteiger partial charge in [-0.25, -0.2) is 0 Å². The van der Waals surface area contributed by atoms with Gasteiger partial charge in [-0.15, -0.1) is 0 Å². The van der Waals surface area contributed by atoms with Crippen LogP contribution in [0.4, 0.5) is 0 Å². The number of aliphatic imine (C=N–C) groups is 1. The zero-order valence-electron chi connectivity index (χ0n) is 12.8. The van der Waals surface area contributed by atoms with E-state index in [9.17, 15) is 0 Å². The van der Waals surface area contributed by atoms with Crippen LogP contribution in [0.2, 0.25) is 0 Å². The number of nitrogens with one attached hydrogen (secondary N) is 1. The van der Waals surface area contributed by atoms with Gasteiger partial charge in [0.05, 0.1) is 6.04 Å². The third-order valence-corrected chi connectivity index (χ3v) is 3.79. The first kappa shape index (κ1) is 14.4. The highest BCUT2D eigenvalue weighted by molar-refractivity contribution is 5.82. The van der Waals surface area contributed by atoms with Crippen LogP contribution in [-0.2, 0) is 6.42 Å². The normalized spacial score (nSPS) is 20.6. The molecule has 4 nitrogen and oxygen atoms in total. The van der Waals surface area contributed by atoms with E-state index in [1.165, 1.54) is 5.56 Å². The van der Waals surface area contributed by atoms with Gasteiger partial charge in [0.2, 0.25) is 0 Å². The molecule has 0 saturated heterocycles. The van der Waals surface area contributed by atoms with E-state index in [1.807, 2.05) is 7.05 Å². The molecule has 108 valence electrons. The second-order valence-corrected chi connectivity index (χ2v) is 5.23. The smallest absolute Gasteiger partial charge is 0.199 e. The molecule has 0 saturated carbocycles. The van der Waals surface area contributed by atoms with E-state index in [4.69, 9.17) is 0 Å². The van der Waals surface area contributed by atoms with Gasteiger partial charge in [-0.3, -0.25) is 4.99 Å². The van der Waals surface area contributed by atoms with E-state index >= 15 is 0 Å². The Balaban J connectivity index is 1.99. The minimum atomic E-state index is 0.351. The van der Waals surface area contributed by atoms with E-state index in [0.717, 1.165) is 24.7 Å². The largest absolute Gasteiger partial charge is 0.361 e. The molecule has 1 aliphatic rings. The maximum absolute atomic E-state index is 4.29. The number of hydrogen-bond acceptors (Lipinski definition) is 2. The van der Waals surface area contributed by atoms with Crippen LogP contribution in [0, 0.1) is 0 Å². The molecule has 0 fully saturated rings. The minimum Gasteiger partial charge on any atom is -0.361 e. The lowest BCUT2D eigenvalue weighted by atomic mass is 10.1. The Morgan fingerprint density at radius 2 is 2.00 bits per heavy atom. The molecule has 0 aromatic heterocycles. The first-order chi connectivity index (χ1) is 9.61. The van der Waals surface area contributed by atoms with Crippen molar-refractivity contribution in [3.05, 3.63) is 47.8 Å². The predicted octanol–water partition coefficient (Wildman–Crippen LogP) is 1.91.